The predicted molar refractivity (Wildman–Crippen MR) is 107 cm³/mol. The summed E-state index contributed by atoms with van der Waals surface area (Å²) in [5, 5.41) is 16.2. The van der Waals surface area contributed by atoms with E-state index in [1.165, 1.54) is 26.2 Å². The Hall–Kier alpha value is -2.31. The average molecular weight is 406 g/mol. The maximum Gasteiger partial charge on any atom is 0.223 e. The van der Waals surface area contributed by atoms with Crippen molar-refractivity contribution in [3.8, 4) is 11.5 Å². The Kier molecular flexibility index (Phi) is 6.34. The topological polar surface area (TPSA) is 87.7 Å². The van der Waals surface area contributed by atoms with Gasteiger partial charge in [-0.2, -0.15) is 0 Å². The molecule has 0 aromatic heterocycles. The summed E-state index contributed by atoms with van der Waals surface area (Å²) in [6.45, 7) is 3.59. The molecule has 1 aromatic rings. The molecule has 0 heterocycles. The van der Waals surface area contributed by atoms with Gasteiger partial charge in [0.2, 0.25) is 11.8 Å². The molecule has 2 amide bonds. The fourth-order valence-corrected chi connectivity index (χ4v) is 5.00. The smallest absolute Gasteiger partial charge is 0.223 e. The molecule has 3 atom stereocenters. The predicted octanol–water partition coefficient (Wildman–Crippen LogP) is 3.58. The van der Waals surface area contributed by atoms with Crippen molar-refractivity contribution in [2.45, 2.75) is 70.9 Å². The van der Waals surface area contributed by atoms with E-state index in [2.05, 4.69) is 17.6 Å². The first kappa shape index (κ1) is 21.4. The van der Waals surface area contributed by atoms with Gasteiger partial charge in [-0.05, 0) is 55.2 Å². The van der Waals surface area contributed by atoms with Crippen LogP contribution >= 0.6 is 0 Å². The zero-order chi connectivity index (χ0) is 21.2. The number of carbonyl (C=O) groups is 2. The minimum absolute atomic E-state index is 0.0197. The van der Waals surface area contributed by atoms with Crippen LogP contribution in [0.15, 0.2) is 12.1 Å². The summed E-state index contributed by atoms with van der Waals surface area (Å²) in [6, 6.07) is 2.46. The molecule has 0 spiro atoms. The van der Waals surface area contributed by atoms with Gasteiger partial charge in [0, 0.05) is 18.9 Å². The Bertz CT molecular complexity index is 753. The molecular formula is C22H31FN2O4. The summed E-state index contributed by atoms with van der Waals surface area (Å²) < 4.78 is 19.4. The third kappa shape index (κ3) is 4.65. The first-order chi connectivity index (χ1) is 13.7. The second kappa shape index (κ2) is 8.59. The molecule has 29 heavy (non-hydrogen) atoms. The van der Waals surface area contributed by atoms with Crippen LogP contribution in [0.25, 0.3) is 0 Å². The van der Waals surface area contributed by atoms with Crippen LogP contribution in [0.3, 0.4) is 0 Å². The van der Waals surface area contributed by atoms with Crippen LogP contribution in [-0.4, -0.2) is 30.1 Å². The van der Waals surface area contributed by atoms with E-state index in [-0.39, 0.29) is 40.7 Å². The number of methoxy groups -OCH3 is 1. The Morgan fingerprint density at radius 2 is 1.97 bits per heavy atom. The Morgan fingerprint density at radius 1 is 1.28 bits per heavy atom. The number of benzene rings is 1. The van der Waals surface area contributed by atoms with E-state index in [1.54, 1.807) is 0 Å². The standard InChI is InChI=1S/C22H31FN2O4/c1-13(26)24-16-7-6-14(10-16)21(28)25-20(22(2)8-4-5-9-22)15-11-17(23)19(29-3)18(27)12-15/h11-12,14,16,20,27H,4-10H2,1-3H3,(H,24,26)(H,25,28)/t14-,16?,20-/m1/s1. The normalized spacial score (nSPS) is 24.1. The van der Waals surface area contributed by atoms with Crippen LogP contribution in [-0.2, 0) is 9.59 Å². The molecule has 0 bridgehead atoms. The zero-order valence-corrected chi connectivity index (χ0v) is 17.4. The number of phenols is 1. The second-order valence-corrected chi connectivity index (χ2v) is 8.77. The zero-order valence-electron chi connectivity index (χ0n) is 17.4. The number of hydrogen-bond acceptors (Lipinski definition) is 4. The Balaban J connectivity index is 1.82. The highest BCUT2D eigenvalue weighted by molar-refractivity contribution is 5.80. The lowest BCUT2D eigenvalue weighted by molar-refractivity contribution is -0.127. The molecule has 2 aliphatic carbocycles. The molecule has 2 fully saturated rings. The molecule has 2 saturated carbocycles. The summed E-state index contributed by atoms with van der Waals surface area (Å²) in [7, 11) is 1.31. The fraction of sp³-hybridized carbons (Fsp3) is 0.636. The molecule has 160 valence electrons. The lowest BCUT2D eigenvalue weighted by Crippen LogP contribution is -2.41. The van der Waals surface area contributed by atoms with Crippen LogP contribution < -0.4 is 15.4 Å². The molecule has 2 aliphatic rings. The minimum atomic E-state index is -0.644. The molecular weight excluding hydrogens is 375 g/mol. The van der Waals surface area contributed by atoms with Crippen molar-refractivity contribution in [2.75, 3.05) is 7.11 Å². The van der Waals surface area contributed by atoms with Crippen molar-refractivity contribution in [3.05, 3.63) is 23.5 Å². The van der Waals surface area contributed by atoms with Gasteiger partial charge in [-0.3, -0.25) is 9.59 Å². The van der Waals surface area contributed by atoms with E-state index in [4.69, 9.17) is 4.74 Å². The van der Waals surface area contributed by atoms with Crippen molar-refractivity contribution in [1.82, 2.24) is 10.6 Å². The van der Waals surface area contributed by atoms with E-state index < -0.39 is 11.9 Å². The van der Waals surface area contributed by atoms with Gasteiger partial charge in [-0.15, -0.1) is 0 Å². The summed E-state index contributed by atoms with van der Waals surface area (Å²) >= 11 is 0. The van der Waals surface area contributed by atoms with Gasteiger partial charge in [-0.25, -0.2) is 4.39 Å². The van der Waals surface area contributed by atoms with Crippen LogP contribution in [0.1, 0.15) is 70.4 Å². The number of halogens is 1. The summed E-state index contributed by atoms with van der Waals surface area (Å²) in [4.78, 5) is 24.3. The first-order valence-electron chi connectivity index (χ1n) is 10.4. The molecule has 1 unspecified atom stereocenters. The van der Waals surface area contributed by atoms with E-state index in [0.29, 0.717) is 18.4 Å². The molecule has 0 saturated heterocycles. The maximum absolute atomic E-state index is 14.5. The average Bonchev–Trinajstić information content (AvgIpc) is 3.28. The van der Waals surface area contributed by atoms with Gasteiger partial charge in [0.05, 0.1) is 13.2 Å². The molecule has 6 nitrogen and oxygen atoms in total. The lowest BCUT2D eigenvalue weighted by Gasteiger charge is -2.36. The second-order valence-electron chi connectivity index (χ2n) is 8.77. The van der Waals surface area contributed by atoms with Gasteiger partial charge in [0.1, 0.15) is 0 Å². The van der Waals surface area contributed by atoms with E-state index >= 15 is 0 Å². The van der Waals surface area contributed by atoms with E-state index in [0.717, 1.165) is 32.1 Å². The molecule has 7 heteroatoms. The maximum atomic E-state index is 14.5. The van der Waals surface area contributed by atoms with Crippen molar-refractivity contribution in [2.24, 2.45) is 11.3 Å². The highest BCUT2D eigenvalue weighted by Gasteiger charge is 2.41. The van der Waals surface area contributed by atoms with Crippen molar-refractivity contribution in [1.29, 1.82) is 0 Å². The quantitative estimate of drug-likeness (QED) is 0.674. The largest absolute Gasteiger partial charge is 0.504 e. The van der Waals surface area contributed by atoms with Crippen molar-refractivity contribution < 1.29 is 23.8 Å². The summed E-state index contributed by atoms with van der Waals surface area (Å²) in [5.41, 5.74) is 0.341. The number of aromatic hydroxyl groups is 1. The lowest BCUT2D eigenvalue weighted by atomic mass is 9.77. The fourth-order valence-electron chi connectivity index (χ4n) is 5.00. The monoisotopic (exact) mass is 406 g/mol. The number of carbonyl (C=O) groups excluding carboxylic acids is 2. The van der Waals surface area contributed by atoms with Gasteiger partial charge in [0.25, 0.3) is 0 Å². The van der Waals surface area contributed by atoms with Crippen LogP contribution in [0, 0.1) is 17.2 Å². The molecule has 1 aromatic carbocycles. The highest BCUT2D eigenvalue weighted by atomic mass is 19.1. The van der Waals surface area contributed by atoms with Gasteiger partial charge >= 0.3 is 0 Å². The van der Waals surface area contributed by atoms with Crippen LogP contribution in [0.2, 0.25) is 0 Å². The molecule has 3 N–H and O–H groups in total. The first-order valence-corrected chi connectivity index (χ1v) is 10.4. The minimum Gasteiger partial charge on any atom is -0.504 e. The van der Waals surface area contributed by atoms with Gasteiger partial charge < -0.3 is 20.5 Å². The SMILES string of the molecule is COc1c(O)cc([C@@H](NC(=O)[C@@H]2CCC(NC(C)=O)C2)C2(C)CCCC2)cc1F. The van der Waals surface area contributed by atoms with Gasteiger partial charge in [0.15, 0.2) is 17.3 Å². The van der Waals surface area contributed by atoms with Gasteiger partial charge in [-0.1, -0.05) is 19.8 Å². The number of rotatable bonds is 6. The number of phenolic OH excluding ortho intramolecular Hbond substituents is 1. The molecule has 0 radical (unpaired) electrons. The summed E-state index contributed by atoms with van der Waals surface area (Å²) in [6.07, 6.45) is 6.05. The van der Waals surface area contributed by atoms with Crippen LogP contribution in [0.4, 0.5) is 4.39 Å². The molecule has 0 aliphatic heterocycles. The van der Waals surface area contributed by atoms with E-state index in [1.807, 2.05) is 0 Å². The Morgan fingerprint density at radius 3 is 2.55 bits per heavy atom. The van der Waals surface area contributed by atoms with Crippen molar-refractivity contribution >= 4 is 11.8 Å². The van der Waals surface area contributed by atoms with E-state index in [9.17, 15) is 19.1 Å². The number of ether oxygens (including phenoxy) is 1. The van der Waals surface area contributed by atoms with Crippen LogP contribution in [0.5, 0.6) is 11.5 Å². The number of hydrogen-bond donors (Lipinski definition) is 3. The number of nitrogens with one attached hydrogen (secondary N) is 2. The van der Waals surface area contributed by atoms with Crippen molar-refractivity contribution in [3.63, 3.8) is 0 Å². The molecule has 3 rings (SSSR count). The Labute approximate surface area is 171 Å². The summed E-state index contributed by atoms with van der Waals surface area (Å²) in [5.74, 6) is -1.45. The third-order valence-corrected chi connectivity index (χ3v) is 6.52. The third-order valence-electron chi connectivity index (χ3n) is 6.52. The highest BCUT2D eigenvalue weighted by Crippen LogP contribution is 2.48. The number of amides is 2.